The first-order valence-corrected chi connectivity index (χ1v) is 10.6. The minimum Gasteiger partial charge on any atom is -0.494 e. The minimum atomic E-state index is 0.261. The minimum absolute atomic E-state index is 0.261. The fourth-order valence-electron chi connectivity index (χ4n) is 4.07. The molecule has 4 nitrogen and oxygen atoms in total. The first-order valence-electron chi connectivity index (χ1n) is 10.6. The predicted octanol–water partition coefficient (Wildman–Crippen LogP) is 3.59. The molecule has 2 aromatic rings. The van der Waals surface area contributed by atoms with Gasteiger partial charge in [-0.25, -0.2) is 0 Å². The third-order valence-corrected chi connectivity index (χ3v) is 5.55. The van der Waals surface area contributed by atoms with Crippen LogP contribution >= 0.6 is 0 Å². The van der Waals surface area contributed by atoms with E-state index in [4.69, 9.17) is 4.74 Å². The van der Waals surface area contributed by atoms with E-state index in [9.17, 15) is 5.11 Å². The highest BCUT2D eigenvalue weighted by Crippen LogP contribution is 2.18. The van der Waals surface area contributed by atoms with Gasteiger partial charge in [0.25, 0.3) is 0 Å². The first-order chi connectivity index (χ1) is 13.8. The molecule has 3 rings (SSSR count). The number of aliphatic hydroxyl groups excluding tert-OH is 1. The number of piperazine rings is 1. The van der Waals surface area contributed by atoms with Crippen molar-refractivity contribution in [3.8, 4) is 5.75 Å². The highest BCUT2D eigenvalue weighted by Gasteiger charge is 2.26. The molecular formula is C24H34N2O2. The van der Waals surface area contributed by atoms with Gasteiger partial charge in [-0.15, -0.1) is 0 Å². The highest BCUT2D eigenvalue weighted by atomic mass is 16.5. The Morgan fingerprint density at radius 2 is 1.79 bits per heavy atom. The summed E-state index contributed by atoms with van der Waals surface area (Å²) in [5.74, 6) is 0.938. The Balaban J connectivity index is 1.48. The summed E-state index contributed by atoms with van der Waals surface area (Å²) in [4.78, 5) is 5.09. The summed E-state index contributed by atoms with van der Waals surface area (Å²) in [7, 11) is 0. The molecule has 0 radical (unpaired) electrons. The van der Waals surface area contributed by atoms with Gasteiger partial charge >= 0.3 is 0 Å². The Morgan fingerprint density at radius 1 is 1.00 bits per heavy atom. The number of hydrogen-bond donors (Lipinski definition) is 1. The van der Waals surface area contributed by atoms with Crippen molar-refractivity contribution >= 4 is 0 Å². The quantitative estimate of drug-likeness (QED) is 0.681. The number of rotatable bonds is 10. The number of nitrogens with zero attached hydrogens (tertiary/aromatic N) is 2. The van der Waals surface area contributed by atoms with E-state index < -0.39 is 0 Å². The smallest absolute Gasteiger partial charge is 0.119 e. The van der Waals surface area contributed by atoms with E-state index in [1.165, 1.54) is 17.5 Å². The van der Waals surface area contributed by atoms with Crippen LogP contribution in [0.25, 0.3) is 0 Å². The van der Waals surface area contributed by atoms with E-state index in [0.29, 0.717) is 12.6 Å². The van der Waals surface area contributed by atoms with Gasteiger partial charge in [0.1, 0.15) is 5.75 Å². The van der Waals surface area contributed by atoms with Gasteiger partial charge in [-0.1, -0.05) is 42.5 Å². The molecule has 0 saturated carbocycles. The fourth-order valence-corrected chi connectivity index (χ4v) is 4.07. The second-order valence-corrected chi connectivity index (χ2v) is 7.60. The van der Waals surface area contributed by atoms with Gasteiger partial charge in [-0.3, -0.25) is 9.80 Å². The molecule has 1 aliphatic rings. The van der Waals surface area contributed by atoms with Crippen molar-refractivity contribution in [3.63, 3.8) is 0 Å². The molecule has 1 heterocycles. The molecule has 2 aromatic carbocycles. The van der Waals surface area contributed by atoms with E-state index in [1.54, 1.807) is 0 Å². The van der Waals surface area contributed by atoms with E-state index in [-0.39, 0.29) is 6.61 Å². The molecule has 0 unspecified atom stereocenters. The maximum atomic E-state index is 9.54. The average molecular weight is 383 g/mol. The highest BCUT2D eigenvalue weighted by molar-refractivity contribution is 5.27. The Hall–Kier alpha value is -1.88. The van der Waals surface area contributed by atoms with Crippen LogP contribution < -0.4 is 4.74 Å². The molecule has 0 aliphatic carbocycles. The molecule has 28 heavy (non-hydrogen) atoms. The number of benzene rings is 2. The van der Waals surface area contributed by atoms with Crippen LogP contribution in [0.1, 0.15) is 30.9 Å². The van der Waals surface area contributed by atoms with Crippen molar-refractivity contribution in [2.45, 2.75) is 38.8 Å². The normalized spacial score (nSPS) is 18.3. The zero-order chi connectivity index (χ0) is 19.6. The number of hydrogen-bond acceptors (Lipinski definition) is 4. The molecule has 4 heteroatoms. The summed E-state index contributed by atoms with van der Waals surface area (Å²) < 4.78 is 5.54. The monoisotopic (exact) mass is 382 g/mol. The van der Waals surface area contributed by atoms with Gasteiger partial charge in [-0.2, -0.15) is 0 Å². The summed E-state index contributed by atoms with van der Waals surface area (Å²) in [6.45, 7) is 8.23. The van der Waals surface area contributed by atoms with E-state index in [2.05, 4.69) is 64.4 Å². The van der Waals surface area contributed by atoms with Gasteiger partial charge < -0.3 is 9.84 Å². The zero-order valence-electron chi connectivity index (χ0n) is 17.1. The number of aliphatic hydroxyl groups is 1. The van der Waals surface area contributed by atoms with Crippen LogP contribution in [0, 0.1) is 0 Å². The third-order valence-electron chi connectivity index (χ3n) is 5.55. The largest absolute Gasteiger partial charge is 0.494 e. The summed E-state index contributed by atoms with van der Waals surface area (Å²) in [5.41, 5.74) is 2.74. The lowest BCUT2D eigenvalue weighted by molar-refractivity contribution is 0.0547. The van der Waals surface area contributed by atoms with Crippen LogP contribution in [-0.2, 0) is 13.0 Å². The van der Waals surface area contributed by atoms with Crippen molar-refractivity contribution in [3.05, 3.63) is 65.7 Å². The predicted molar refractivity (Wildman–Crippen MR) is 115 cm³/mol. The molecular weight excluding hydrogens is 348 g/mol. The van der Waals surface area contributed by atoms with Crippen LogP contribution in [0.4, 0.5) is 0 Å². The molecule has 0 aromatic heterocycles. The summed E-state index contributed by atoms with van der Waals surface area (Å²) >= 11 is 0. The van der Waals surface area contributed by atoms with Crippen molar-refractivity contribution in [2.75, 3.05) is 39.4 Å². The topological polar surface area (TPSA) is 35.9 Å². The van der Waals surface area contributed by atoms with Crippen LogP contribution in [0.3, 0.4) is 0 Å². The second kappa shape index (κ2) is 11.2. The van der Waals surface area contributed by atoms with Crippen molar-refractivity contribution in [1.82, 2.24) is 9.80 Å². The van der Waals surface area contributed by atoms with Gasteiger partial charge in [0.15, 0.2) is 0 Å². The summed E-state index contributed by atoms with van der Waals surface area (Å²) in [5, 5.41) is 9.54. The SMILES string of the molecule is CCOc1ccc(CN2CCN(CCCc3ccccc3)[C@H](CCO)C2)cc1. The molecule has 152 valence electrons. The van der Waals surface area contributed by atoms with Gasteiger partial charge in [-0.05, 0) is 56.0 Å². The molecule has 1 atom stereocenters. The number of ether oxygens (including phenoxy) is 1. The van der Waals surface area contributed by atoms with Crippen molar-refractivity contribution in [2.24, 2.45) is 0 Å². The van der Waals surface area contributed by atoms with Crippen LogP contribution in [-0.4, -0.2) is 60.3 Å². The molecule has 0 amide bonds. The molecule has 0 bridgehead atoms. The molecule has 0 spiro atoms. The van der Waals surface area contributed by atoms with Crippen LogP contribution in [0.5, 0.6) is 5.75 Å². The number of aryl methyl sites for hydroxylation is 1. The Morgan fingerprint density at radius 3 is 2.50 bits per heavy atom. The maximum Gasteiger partial charge on any atom is 0.119 e. The lowest BCUT2D eigenvalue weighted by atomic mass is 10.1. The van der Waals surface area contributed by atoms with Crippen LogP contribution in [0.2, 0.25) is 0 Å². The standard InChI is InChI=1S/C24H34N2O2/c1-2-28-24-12-10-22(11-13-24)19-25-16-17-26(23(20-25)14-18-27)15-6-9-21-7-4-3-5-8-21/h3-5,7-8,10-13,23,27H,2,6,9,14-20H2,1H3/t23-/m1/s1. The Labute approximate surface area is 169 Å². The lowest BCUT2D eigenvalue weighted by Crippen LogP contribution is -2.53. The van der Waals surface area contributed by atoms with Gasteiger partial charge in [0, 0.05) is 38.8 Å². The maximum absolute atomic E-state index is 9.54. The summed E-state index contributed by atoms with van der Waals surface area (Å²) in [6, 6.07) is 19.6. The Kier molecular flexibility index (Phi) is 8.34. The molecule has 1 aliphatic heterocycles. The van der Waals surface area contributed by atoms with Crippen molar-refractivity contribution < 1.29 is 9.84 Å². The lowest BCUT2D eigenvalue weighted by Gasteiger charge is -2.41. The molecule has 1 saturated heterocycles. The second-order valence-electron chi connectivity index (χ2n) is 7.60. The fraction of sp³-hybridized carbons (Fsp3) is 0.500. The Bertz CT molecular complexity index is 675. The third kappa shape index (κ3) is 6.33. The van der Waals surface area contributed by atoms with E-state index in [1.807, 2.05) is 6.92 Å². The van der Waals surface area contributed by atoms with Crippen molar-refractivity contribution in [1.29, 1.82) is 0 Å². The molecule has 1 fully saturated rings. The average Bonchev–Trinajstić information content (AvgIpc) is 2.72. The molecule has 1 N–H and O–H groups in total. The van der Waals surface area contributed by atoms with Gasteiger partial charge in [0.2, 0.25) is 0 Å². The summed E-state index contributed by atoms with van der Waals surface area (Å²) in [6.07, 6.45) is 3.15. The van der Waals surface area contributed by atoms with E-state index in [0.717, 1.165) is 51.3 Å². The van der Waals surface area contributed by atoms with E-state index >= 15 is 0 Å². The first kappa shape index (κ1) is 20.8. The zero-order valence-corrected chi connectivity index (χ0v) is 17.1. The van der Waals surface area contributed by atoms with Crippen LogP contribution in [0.15, 0.2) is 54.6 Å². The van der Waals surface area contributed by atoms with Gasteiger partial charge in [0.05, 0.1) is 6.61 Å².